The van der Waals surface area contributed by atoms with Crippen molar-refractivity contribution >= 4 is 23.1 Å². The van der Waals surface area contributed by atoms with Gasteiger partial charge in [-0.1, -0.05) is 51.1 Å². The van der Waals surface area contributed by atoms with Crippen molar-refractivity contribution in [2.24, 2.45) is 5.73 Å². The van der Waals surface area contributed by atoms with Gasteiger partial charge < -0.3 is 5.73 Å². The quantitative estimate of drug-likeness (QED) is 0.913. The summed E-state index contributed by atoms with van der Waals surface area (Å²) in [6, 6.07) is 10.3. The van der Waals surface area contributed by atoms with Crippen LogP contribution in [0, 0.1) is 0 Å². The molecule has 0 unspecified atom stereocenters. The van der Waals surface area contributed by atoms with E-state index in [1.165, 1.54) is 9.88 Å². The highest BCUT2D eigenvalue weighted by Crippen LogP contribution is 2.33. The standard InChI is InChI=1S/C15H20N2S2/c1-15(2,3)18-10-13-17-14(12(9-16)19-13)11-7-5-4-6-8-11/h4-8H,9-10,16H2,1-3H3. The van der Waals surface area contributed by atoms with Crippen LogP contribution in [-0.2, 0) is 12.3 Å². The van der Waals surface area contributed by atoms with Crippen molar-refractivity contribution in [3.05, 3.63) is 40.2 Å². The molecule has 4 heteroatoms. The Hall–Kier alpha value is -0.840. The minimum absolute atomic E-state index is 0.265. The predicted octanol–water partition coefficient (Wildman–Crippen LogP) is 4.30. The highest BCUT2D eigenvalue weighted by Gasteiger charge is 2.15. The van der Waals surface area contributed by atoms with Gasteiger partial charge in [-0.05, 0) is 0 Å². The normalized spacial score (nSPS) is 11.8. The van der Waals surface area contributed by atoms with Gasteiger partial charge in [0.05, 0.1) is 5.69 Å². The molecule has 102 valence electrons. The number of hydrogen-bond donors (Lipinski definition) is 1. The molecule has 0 aliphatic heterocycles. The Bertz CT molecular complexity index is 527. The van der Waals surface area contributed by atoms with E-state index in [1.54, 1.807) is 11.3 Å². The van der Waals surface area contributed by atoms with Gasteiger partial charge in [-0.3, -0.25) is 0 Å². The Kier molecular flexibility index (Phi) is 4.66. The minimum Gasteiger partial charge on any atom is -0.326 e. The van der Waals surface area contributed by atoms with Crippen LogP contribution >= 0.6 is 23.1 Å². The molecule has 1 aromatic carbocycles. The molecule has 0 amide bonds. The van der Waals surface area contributed by atoms with Gasteiger partial charge in [-0.25, -0.2) is 4.98 Å². The topological polar surface area (TPSA) is 38.9 Å². The average molecular weight is 292 g/mol. The molecular formula is C15H20N2S2. The van der Waals surface area contributed by atoms with Gasteiger partial charge in [0.2, 0.25) is 0 Å². The smallest absolute Gasteiger partial charge is 0.103 e. The fourth-order valence-electron chi connectivity index (χ4n) is 1.70. The second-order valence-corrected chi connectivity index (χ2v) is 8.32. The molecule has 1 aromatic heterocycles. The maximum Gasteiger partial charge on any atom is 0.103 e. The van der Waals surface area contributed by atoms with Crippen LogP contribution in [0.1, 0.15) is 30.7 Å². The van der Waals surface area contributed by atoms with E-state index in [9.17, 15) is 0 Å². The first kappa shape index (κ1) is 14.6. The maximum absolute atomic E-state index is 5.85. The Morgan fingerprint density at radius 3 is 2.47 bits per heavy atom. The van der Waals surface area contributed by atoms with Crippen LogP contribution in [0.2, 0.25) is 0 Å². The summed E-state index contributed by atoms with van der Waals surface area (Å²) in [4.78, 5) is 5.95. The van der Waals surface area contributed by atoms with Gasteiger partial charge in [-0.15, -0.1) is 23.1 Å². The lowest BCUT2D eigenvalue weighted by atomic mass is 10.1. The Morgan fingerprint density at radius 2 is 1.89 bits per heavy atom. The number of thioether (sulfide) groups is 1. The van der Waals surface area contributed by atoms with E-state index in [1.807, 2.05) is 30.0 Å². The number of hydrogen-bond acceptors (Lipinski definition) is 4. The van der Waals surface area contributed by atoms with Gasteiger partial charge in [-0.2, -0.15) is 0 Å². The summed E-state index contributed by atoms with van der Waals surface area (Å²) in [6.07, 6.45) is 0. The minimum atomic E-state index is 0.265. The molecule has 2 rings (SSSR count). The second kappa shape index (κ2) is 6.07. The first-order valence-corrected chi connectivity index (χ1v) is 8.18. The van der Waals surface area contributed by atoms with Crippen molar-refractivity contribution in [3.8, 4) is 11.3 Å². The summed E-state index contributed by atoms with van der Waals surface area (Å²) >= 11 is 3.66. The molecule has 19 heavy (non-hydrogen) atoms. The Labute approximate surface area is 123 Å². The molecule has 0 bridgehead atoms. The SMILES string of the molecule is CC(C)(C)SCc1nc(-c2ccccc2)c(CN)s1. The number of nitrogens with two attached hydrogens (primary N) is 1. The van der Waals surface area contributed by atoms with Crippen LogP contribution in [-0.4, -0.2) is 9.73 Å². The molecule has 0 atom stereocenters. The zero-order valence-electron chi connectivity index (χ0n) is 11.6. The lowest BCUT2D eigenvalue weighted by Gasteiger charge is -2.16. The number of aromatic nitrogens is 1. The molecule has 0 radical (unpaired) electrons. The Morgan fingerprint density at radius 1 is 1.21 bits per heavy atom. The summed E-state index contributed by atoms with van der Waals surface area (Å²) in [7, 11) is 0. The van der Waals surface area contributed by atoms with Crippen molar-refractivity contribution in [1.29, 1.82) is 0 Å². The molecule has 0 spiro atoms. The molecule has 2 nitrogen and oxygen atoms in total. The third-order valence-corrected chi connectivity index (χ3v) is 5.15. The molecule has 1 heterocycles. The van der Waals surface area contributed by atoms with Crippen LogP contribution in [0.3, 0.4) is 0 Å². The fraction of sp³-hybridized carbons (Fsp3) is 0.400. The highest BCUT2D eigenvalue weighted by atomic mass is 32.2. The van der Waals surface area contributed by atoms with Crippen LogP contribution in [0.5, 0.6) is 0 Å². The van der Waals surface area contributed by atoms with E-state index in [0.717, 1.165) is 17.0 Å². The van der Waals surface area contributed by atoms with Crippen LogP contribution < -0.4 is 5.73 Å². The molecular weight excluding hydrogens is 272 g/mol. The van der Waals surface area contributed by atoms with Crippen molar-refractivity contribution in [3.63, 3.8) is 0 Å². The van der Waals surface area contributed by atoms with Crippen LogP contribution in [0.4, 0.5) is 0 Å². The average Bonchev–Trinajstić information content (AvgIpc) is 2.80. The molecule has 0 saturated carbocycles. The summed E-state index contributed by atoms with van der Waals surface area (Å²) in [5, 5.41) is 1.17. The summed E-state index contributed by atoms with van der Waals surface area (Å²) in [6.45, 7) is 7.25. The third-order valence-electron chi connectivity index (χ3n) is 2.60. The van der Waals surface area contributed by atoms with Gasteiger partial charge in [0, 0.05) is 27.5 Å². The molecule has 0 saturated heterocycles. The van der Waals surface area contributed by atoms with Crippen LogP contribution in [0.25, 0.3) is 11.3 Å². The zero-order chi connectivity index (χ0) is 13.9. The summed E-state index contributed by atoms with van der Waals surface area (Å²) in [5.74, 6) is 0.952. The first-order chi connectivity index (χ1) is 8.99. The fourth-order valence-corrected chi connectivity index (χ4v) is 3.50. The van der Waals surface area contributed by atoms with Crippen molar-refractivity contribution in [2.45, 2.75) is 37.8 Å². The largest absolute Gasteiger partial charge is 0.326 e. The van der Waals surface area contributed by atoms with Crippen molar-refractivity contribution in [2.75, 3.05) is 0 Å². The molecule has 0 aliphatic rings. The van der Waals surface area contributed by atoms with E-state index in [2.05, 4.69) is 32.9 Å². The third kappa shape index (κ3) is 4.06. The van der Waals surface area contributed by atoms with E-state index < -0.39 is 0 Å². The molecule has 0 aliphatic carbocycles. The Balaban J connectivity index is 2.23. The lowest BCUT2D eigenvalue weighted by Crippen LogP contribution is -2.07. The van der Waals surface area contributed by atoms with Crippen molar-refractivity contribution < 1.29 is 0 Å². The maximum atomic E-state index is 5.85. The van der Waals surface area contributed by atoms with Crippen LogP contribution in [0.15, 0.2) is 30.3 Å². The van der Waals surface area contributed by atoms with Gasteiger partial charge in [0.1, 0.15) is 5.01 Å². The van der Waals surface area contributed by atoms with E-state index in [4.69, 9.17) is 10.7 Å². The number of benzene rings is 1. The van der Waals surface area contributed by atoms with Gasteiger partial charge >= 0.3 is 0 Å². The zero-order valence-corrected chi connectivity index (χ0v) is 13.3. The molecule has 0 fully saturated rings. The molecule has 2 N–H and O–H groups in total. The summed E-state index contributed by atoms with van der Waals surface area (Å²) < 4.78 is 0.265. The van der Waals surface area contributed by atoms with E-state index in [0.29, 0.717) is 6.54 Å². The predicted molar refractivity (Wildman–Crippen MR) is 86.5 cm³/mol. The first-order valence-electron chi connectivity index (χ1n) is 6.37. The van der Waals surface area contributed by atoms with Crippen molar-refractivity contribution in [1.82, 2.24) is 4.98 Å². The summed E-state index contributed by atoms with van der Waals surface area (Å²) in [5.41, 5.74) is 8.06. The second-order valence-electron chi connectivity index (χ2n) is 5.35. The van der Waals surface area contributed by atoms with Gasteiger partial charge in [0.25, 0.3) is 0 Å². The van der Waals surface area contributed by atoms with E-state index in [-0.39, 0.29) is 4.75 Å². The molecule has 2 aromatic rings. The van der Waals surface area contributed by atoms with E-state index >= 15 is 0 Å². The number of rotatable bonds is 4. The van der Waals surface area contributed by atoms with Gasteiger partial charge in [0.15, 0.2) is 0 Å². The monoisotopic (exact) mass is 292 g/mol. The lowest BCUT2D eigenvalue weighted by molar-refractivity contribution is 0.802. The number of nitrogens with zero attached hydrogens (tertiary/aromatic N) is 1. The number of thiazole rings is 1. The highest BCUT2D eigenvalue weighted by molar-refractivity contribution is 7.99.